The van der Waals surface area contributed by atoms with Crippen LogP contribution in [0, 0.1) is 13.8 Å². The van der Waals surface area contributed by atoms with Gasteiger partial charge in [-0.15, -0.1) is 0 Å². The number of carboxylic acid groups (broad SMARTS) is 1. The third-order valence-electron chi connectivity index (χ3n) is 3.70. The van der Waals surface area contributed by atoms with Gasteiger partial charge in [0, 0.05) is 19.6 Å². The van der Waals surface area contributed by atoms with Crippen LogP contribution in [0.15, 0.2) is 12.1 Å². The summed E-state index contributed by atoms with van der Waals surface area (Å²) in [5.74, 6) is -0.310. The number of morpholine rings is 1. The highest BCUT2D eigenvalue weighted by atomic mass is 16.5. The minimum absolute atomic E-state index is 0.302. The number of benzene rings is 1. The molecule has 1 saturated heterocycles. The van der Waals surface area contributed by atoms with E-state index < -0.39 is 5.97 Å². The predicted molar refractivity (Wildman–Crippen MR) is 75.1 cm³/mol. The standard InChI is InChI=1S/C15H21NO4/c1-11-12(2)14(20-10-15(17)18)4-3-13(11)9-16-5-7-19-8-6-16/h3-4H,5-10H2,1-2H3,(H,17,18). The molecule has 20 heavy (non-hydrogen) atoms. The van der Waals surface area contributed by atoms with Crippen LogP contribution in [0.3, 0.4) is 0 Å². The van der Waals surface area contributed by atoms with E-state index in [2.05, 4.69) is 11.8 Å². The third kappa shape index (κ3) is 3.71. The molecule has 0 bridgehead atoms. The molecule has 0 radical (unpaired) electrons. The predicted octanol–water partition coefficient (Wildman–Crippen LogP) is 1.60. The fourth-order valence-corrected chi connectivity index (χ4v) is 2.32. The van der Waals surface area contributed by atoms with Crippen LogP contribution >= 0.6 is 0 Å². The summed E-state index contributed by atoms with van der Waals surface area (Å²) in [6, 6.07) is 3.88. The molecule has 0 spiro atoms. The summed E-state index contributed by atoms with van der Waals surface area (Å²) in [4.78, 5) is 12.9. The topological polar surface area (TPSA) is 59.0 Å². The second-order valence-electron chi connectivity index (χ2n) is 5.04. The first-order valence-electron chi connectivity index (χ1n) is 6.81. The van der Waals surface area contributed by atoms with E-state index in [0.29, 0.717) is 5.75 Å². The molecule has 0 aromatic heterocycles. The smallest absolute Gasteiger partial charge is 0.341 e. The number of hydrogen-bond donors (Lipinski definition) is 1. The molecule has 0 unspecified atom stereocenters. The van der Waals surface area contributed by atoms with E-state index in [-0.39, 0.29) is 6.61 Å². The molecular formula is C15H21NO4. The normalized spacial score (nSPS) is 16.1. The number of rotatable bonds is 5. The van der Waals surface area contributed by atoms with Gasteiger partial charge >= 0.3 is 5.97 Å². The van der Waals surface area contributed by atoms with E-state index in [0.717, 1.165) is 38.4 Å². The summed E-state index contributed by atoms with van der Waals surface area (Å²) < 4.78 is 10.6. The lowest BCUT2D eigenvalue weighted by atomic mass is 10.0. The molecule has 1 aliphatic heterocycles. The van der Waals surface area contributed by atoms with E-state index in [1.165, 1.54) is 11.1 Å². The maximum atomic E-state index is 10.6. The number of ether oxygens (including phenoxy) is 2. The van der Waals surface area contributed by atoms with E-state index in [9.17, 15) is 4.79 Å². The number of hydrogen-bond acceptors (Lipinski definition) is 4. The van der Waals surface area contributed by atoms with Gasteiger partial charge in [0.25, 0.3) is 0 Å². The number of nitrogens with zero attached hydrogens (tertiary/aromatic N) is 1. The summed E-state index contributed by atoms with van der Waals surface area (Å²) >= 11 is 0. The highest BCUT2D eigenvalue weighted by molar-refractivity contribution is 5.68. The molecule has 0 aliphatic carbocycles. The first-order chi connectivity index (χ1) is 9.58. The van der Waals surface area contributed by atoms with Crippen LogP contribution < -0.4 is 4.74 Å². The Bertz CT molecular complexity index is 481. The summed E-state index contributed by atoms with van der Waals surface area (Å²) in [6.07, 6.45) is 0. The monoisotopic (exact) mass is 279 g/mol. The number of aliphatic carboxylic acids is 1. The summed E-state index contributed by atoms with van der Waals surface area (Å²) in [6.45, 7) is 8.10. The average Bonchev–Trinajstić information content (AvgIpc) is 2.44. The minimum Gasteiger partial charge on any atom is -0.482 e. The zero-order chi connectivity index (χ0) is 14.5. The van der Waals surface area contributed by atoms with Crippen molar-refractivity contribution in [2.45, 2.75) is 20.4 Å². The van der Waals surface area contributed by atoms with Crippen LogP contribution in [0.1, 0.15) is 16.7 Å². The zero-order valence-corrected chi connectivity index (χ0v) is 12.0. The summed E-state index contributed by atoms with van der Waals surface area (Å²) in [5, 5.41) is 8.66. The molecule has 1 aliphatic rings. The molecule has 110 valence electrons. The van der Waals surface area contributed by atoms with Crippen molar-refractivity contribution in [3.8, 4) is 5.75 Å². The number of carboxylic acids is 1. The van der Waals surface area contributed by atoms with E-state index in [1.807, 2.05) is 19.1 Å². The Labute approximate surface area is 119 Å². The lowest BCUT2D eigenvalue weighted by Crippen LogP contribution is -2.35. The van der Waals surface area contributed by atoms with E-state index in [4.69, 9.17) is 14.6 Å². The van der Waals surface area contributed by atoms with Gasteiger partial charge in [-0.05, 0) is 36.6 Å². The Morgan fingerprint density at radius 1 is 1.30 bits per heavy atom. The fraction of sp³-hybridized carbons (Fsp3) is 0.533. The van der Waals surface area contributed by atoms with Crippen molar-refractivity contribution in [3.63, 3.8) is 0 Å². The van der Waals surface area contributed by atoms with Crippen LogP contribution in [0.4, 0.5) is 0 Å². The summed E-state index contributed by atoms with van der Waals surface area (Å²) in [5.41, 5.74) is 3.43. The molecule has 5 heteroatoms. The average molecular weight is 279 g/mol. The molecule has 1 fully saturated rings. The van der Waals surface area contributed by atoms with Crippen molar-refractivity contribution in [1.29, 1.82) is 0 Å². The zero-order valence-electron chi connectivity index (χ0n) is 12.0. The first-order valence-corrected chi connectivity index (χ1v) is 6.81. The highest BCUT2D eigenvalue weighted by Crippen LogP contribution is 2.25. The minimum atomic E-state index is -0.959. The van der Waals surface area contributed by atoms with Crippen LogP contribution in [-0.4, -0.2) is 48.9 Å². The summed E-state index contributed by atoms with van der Waals surface area (Å²) in [7, 11) is 0. The van der Waals surface area contributed by atoms with Gasteiger partial charge in [-0.2, -0.15) is 0 Å². The first kappa shape index (κ1) is 14.8. The lowest BCUT2D eigenvalue weighted by Gasteiger charge is -2.27. The van der Waals surface area contributed by atoms with Gasteiger partial charge in [0.15, 0.2) is 6.61 Å². The third-order valence-corrected chi connectivity index (χ3v) is 3.70. The molecule has 1 aromatic rings. The Hall–Kier alpha value is -1.59. The van der Waals surface area contributed by atoms with Gasteiger partial charge < -0.3 is 14.6 Å². The van der Waals surface area contributed by atoms with Crippen molar-refractivity contribution in [1.82, 2.24) is 4.90 Å². The molecule has 0 amide bonds. The largest absolute Gasteiger partial charge is 0.482 e. The van der Waals surface area contributed by atoms with Crippen molar-refractivity contribution < 1.29 is 19.4 Å². The van der Waals surface area contributed by atoms with Crippen molar-refractivity contribution in [2.24, 2.45) is 0 Å². The highest BCUT2D eigenvalue weighted by Gasteiger charge is 2.14. The Kier molecular flexibility index (Phi) is 4.98. The van der Waals surface area contributed by atoms with Crippen molar-refractivity contribution in [3.05, 3.63) is 28.8 Å². The molecule has 1 heterocycles. The maximum absolute atomic E-state index is 10.6. The van der Waals surface area contributed by atoms with Crippen LogP contribution in [0.2, 0.25) is 0 Å². The molecular weight excluding hydrogens is 258 g/mol. The molecule has 0 atom stereocenters. The Morgan fingerprint density at radius 3 is 2.65 bits per heavy atom. The lowest BCUT2D eigenvalue weighted by molar-refractivity contribution is -0.139. The quantitative estimate of drug-likeness (QED) is 0.887. The van der Waals surface area contributed by atoms with Crippen LogP contribution in [-0.2, 0) is 16.1 Å². The van der Waals surface area contributed by atoms with Gasteiger partial charge in [-0.3, -0.25) is 4.90 Å². The van der Waals surface area contributed by atoms with Gasteiger partial charge in [-0.1, -0.05) is 6.07 Å². The maximum Gasteiger partial charge on any atom is 0.341 e. The van der Waals surface area contributed by atoms with Crippen molar-refractivity contribution in [2.75, 3.05) is 32.9 Å². The van der Waals surface area contributed by atoms with Crippen molar-refractivity contribution >= 4 is 5.97 Å². The molecule has 5 nitrogen and oxygen atoms in total. The second-order valence-corrected chi connectivity index (χ2v) is 5.04. The molecule has 0 saturated carbocycles. The van der Waals surface area contributed by atoms with Gasteiger partial charge in [0.1, 0.15) is 5.75 Å². The van der Waals surface area contributed by atoms with E-state index >= 15 is 0 Å². The SMILES string of the molecule is Cc1c(CN2CCOCC2)ccc(OCC(=O)O)c1C. The second kappa shape index (κ2) is 6.72. The van der Waals surface area contributed by atoms with Gasteiger partial charge in [0.05, 0.1) is 13.2 Å². The molecule has 1 aromatic carbocycles. The Morgan fingerprint density at radius 2 is 2.00 bits per heavy atom. The fourth-order valence-electron chi connectivity index (χ4n) is 2.32. The van der Waals surface area contributed by atoms with Crippen LogP contribution in [0.5, 0.6) is 5.75 Å². The molecule has 2 rings (SSSR count). The number of carbonyl (C=O) groups is 1. The Balaban J connectivity index is 2.07. The van der Waals surface area contributed by atoms with Gasteiger partial charge in [0.2, 0.25) is 0 Å². The van der Waals surface area contributed by atoms with E-state index in [1.54, 1.807) is 0 Å². The van der Waals surface area contributed by atoms with Gasteiger partial charge in [-0.25, -0.2) is 4.79 Å². The molecule has 1 N–H and O–H groups in total. The van der Waals surface area contributed by atoms with Crippen LogP contribution in [0.25, 0.3) is 0 Å².